The Balaban J connectivity index is 0.000000462. The summed E-state index contributed by atoms with van der Waals surface area (Å²) in [5.74, 6) is -0.374. The highest BCUT2D eigenvalue weighted by atomic mass is 79.9. The van der Waals surface area contributed by atoms with Crippen LogP contribution in [0.3, 0.4) is 0 Å². The van der Waals surface area contributed by atoms with Gasteiger partial charge in [-0.1, -0.05) is 6.07 Å². The van der Waals surface area contributed by atoms with Crippen molar-refractivity contribution in [1.82, 2.24) is 4.72 Å². The van der Waals surface area contributed by atoms with Gasteiger partial charge in [0.1, 0.15) is 5.75 Å². The monoisotopic (exact) mass is 584 g/mol. The number of alkyl halides is 3. The second-order valence-corrected chi connectivity index (χ2v) is 9.71. The molecule has 35 heavy (non-hydrogen) atoms. The molecule has 0 amide bonds. The van der Waals surface area contributed by atoms with Crippen molar-refractivity contribution in [1.29, 1.82) is 0 Å². The number of hydrogen-bond acceptors (Lipinski definition) is 7. The molecule has 0 heterocycles. The first-order chi connectivity index (χ1) is 16.2. The lowest BCUT2D eigenvalue weighted by atomic mass is 10.1. The minimum absolute atomic E-state index is 0.00407. The van der Waals surface area contributed by atoms with E-state index in [-0.39, 0.29) is 30.4 Å². The van der Waals surface area contributed by atoms with E-state index in [4.69, 9.17) is 9.84 Å². The zero-order chi connectivity index (χ0) is 26.8. The van der Waals surface area contributed by atoms with Gasteiger partial charge in [-0.25, -0.2) is 13.1 Å². The van der Waals surface area contributed by atoms with E-state index in [0.717, 1.165) is 18.2 Å². The molecule has 0 aliphatic heterocycles. The third-order valence-corrected chi connectivity index (χ3v) is 6.52. The summed E-state index contributed by atoms with van der Waals surface area (Å²) in [6.07, 6.45) is -3.69. The normalized spacial score (nSPS) is 12.3. The van der Waals surface area contributed by atoms with Gasteiger partial charge >= 0.3 is 12.1 Å². The van der Waals surface area contributed by atoms with Gasteiger partial charge in [-0.2, -0.15) is 13.2 Å². The topological polar surface area (TPSA) is 136 Å². The van der Waals surface area contributed by atoms with Crippen LogP contribution in [0.25, 0.3) is 0 Å². The number of hydrogen-bond donors (Lipinski definition) is 2. The summed E-state index contributed by atoms with van der Waals surface area (Å²) >= 11 is 2.96. The number of carbonyl (C=O) groups is 1. The minimum atomic E-state index is -4.61. The highest BCUT2D eigenvalue weighted by Gasteiger charge is 2.31. The second-order valence-electron chi connectivity index (χ2n) is 7.14. The van der Waals surface area contributed by atoms with Crippen molar-refractivity contribution in [3.05, 3.63) is 62.6 Å². The van der Waals surface area contributed by atoms with E-state index in [9.17, 15) is 36.5 Å². The van der Waals surface area contributed by atoms with Crippen molar-refractivity contribution in [2.75, 3.05) is 6.61 Å². The van der Waals surface area contributed by atoms with Crippen molar-refractivity contribution in [3.8, 4) is 5.75 Å². The van der Waals surface area contributed by atoms with Crippen molar-refractivity contribution < 1.29 is 41.2 Å². The molecule has 194 valence electrons. The van der Waals surface area contributed by atoms with Gasteiger partial charge < -0.3 is 9.84 Å². The van der Waals surface area contributed by atoms with E-state index >= 15 is 0 Å². The van der Waals surface area contributed by atoms with Crippen LogP contribution >= 0.6 is 15.9 Å². The van der Waals surface area contributed by atoms with Crippen LogP contribution in [0.1, 0.15) is 38.7 Å². The zero-order valence-corrected chi connectivity index (χ0v) is 21.1. The Morgan fingerprint density at radius 3 is 2.46 bits per heavy atom. The molecule has 2 aromatic carbocycles. The predicted octanol–water partition coefficient (Wildman–Crippen LogP) is 5.17. The number of phenols is 1. The summed E-state index contributed by atoms with van der Waals surface area (Å²) in [7, 11) is -4.07. The lowest BCUT2D eigenvalue weighted by Gasteiger charge is -2.15. The summed E-state index contributed by atoms with van der Waals surface area (Å²) < 4.78 is 69.7. The van der Waals surface area contributed by atoms with Crippen LogP contribution < -0.4 is 4.72 Å². The molecule has 0 aliphatic carbocycles. The van der Waals surface area contributed by atoms with Crippen LogP contribution in [0.15, 0.2) is 51.8 Å². The maximum atomic E-state index is 12.7. The molecule has 0 fully saturated rings. The minimum Gasteiger partial charge on any atom is -0.507 e. The molecule has 14 heteroatoms. The maximum absolute atomic E-state index is 12.7. The highest BCUT2D eigenvalue weighted by Crippen LogP contribution is 2.30. The fourth-order valence-electron chi connectivity index (χ4n) is 2.63. The van der Waals surface area contributed by atoms with Crippen molar-refractivity contribution in [2.45, 2.75) is 50.2 Å². The maximum Gasteiger partial charge on any atom is 0.416 e. The summed E-state index contributed by atoms with van der Waals surface area (Å²) in [6, 6.07) is 6.76. The first kappa shape index (κ1) is 30.3. The molecule has 0 spiro atoms. The van der Waals surface area contributed by atoms with E-state index in [1.165, 1.54) is 18.2 Å². The molecule has 0 aromatic heterocycles. The number of halogens is 4. The van der Waals surface area contributed by atoms with Crippen LogP contribution in [0.4, 0.5) is 18.9 Å². The quantitative estimate of drug-likeness (QED) is 0.236. The molecule has 2 rings (SSSR count). The number of rotatable bonds is 9. The Kier molecular flexibility index (Phi) is 11.6. The Labute approximate surface area is 208 Å². The molecular formula is C21H24BrF3N2O7S. The van der Waals surface area contributed by atoms with Crippen molar-refractivity contribution in [3.63, 3.8) is 0 Å². The highest BCUT2D eigenvalue weighted by molar-refractivity contribution is 9.10. The Bertz CT molecular complexity index is 1130. The van der Waals surface area contributed by atoms with Gasteiger partial charge in [-0.15, -0.1) is 0 Å². The number of sulfonamides is 1. The molecular weight excluding hydrogens is 561 g/mol. The summed E-state index contributed by atoms with van der Waals surface area (Å²) in [5, 5.41) is 19.1. The third-order valence-electron chi connectivity index (χ3n) is 4.29. The lowest BCUT2D eigenvalue weighted by molar-refractivity contribution is -0.385. The van der Waals surface area contributed by atoms with Gasteiger partial charge in [0, 0.05) is 24.6 Å². The number of non-ortho nitro benzene ring substituents is 1. The Morgan fingerprint density at radius 1 is 1.26 bits per heavy atom. The van der Waals surface area contributed by atoms with E-state index in [0.29, 0.717) is 23.4 Å². The Morgan fingerprint density at radius 2 is 1.91 bits per heavy atom. The molecule has 0 saturated carbocycles. The molecule has 1 unspecified atom stereocenters. The van der Waals surface area contributed by atoms with Gasteiger partial charge in [-0.05, 0) is 66.9 Å². The van der Waals surface area contributed by atoms with E-state index in [2.05, 4.69) is 20.7 Å². The molecule has 1 atom stereocenters. The zero-order valence-electron chi connectivity index (χ0n) is 18.7. The van der Waals surface area contributed by atoms with E-state index in [1.54, 1.807) is 13.8 Å². The number of nitro groups is 1. The number of nitrogens with one attached hydrogen (secondary N) is 1. The number of nitrogens with zero attached hydrogens (tertiary/aromatic N) is 1. The number of phenolic OH excluding ortho intramolecular Hbond substituents is 1. The Hall–Kier alpha value is -2.71. The second kappa shape index (κ2) is 13.4. The number of benzene rings is 2. The SMILES string of the molecule is CCOC(=O)CCCC(C)NS(=O)(=O)c1cccc(C(F)(F)F)c1.O=[N+]([O-])c1ccc(O)c(Br)c1. The number of nitro benzene ring substituents is 1. The summed E-state index contributed by atoms with van der Waals surface area (Å²) in [6.45, 7) is 3.54. The molecule has 0 saturated heterocycles. The third kappa shape index (κ3) is 10.6. The van der Waals surface area contributed by atoms with E-state index < -0.39 is 37.6 Å². The van der Waals surface area contributed by atoms with Gasteiger partial charge in [0.05, 0.1) is 26.5 Å². The van der Waals surface area contributed by atoms with Crippen molar-refractivity contribution >= 4 is 37.6 Å². The molecule has 0 bridgehead atoms. The average Bonchev–Trinajstić information content (AvgIpc) is 2.75. The van der Waals surface area contributed by atoms with Gasteiger partial charge in [0.15, 0.2) is 0 Å². The number of ether oxygens (including phenoxy) is 1. The smallest absolute Gasteiger partial charge is 0.416 e. The summed E-state index contributed by atoms with van der Waals surface area (Å²) in [5.41, 5.74) is -1.07. The van der Waals surface area contributed by atoms with Crippen LogP contribution in [0.5, 0.6) is 5.75 Å². The standard InChI is InChI=1S/C15H20F3NO4S.C6H4BrNO3/c1-3-23-14(20)9-4-6-11(2)19-24(21,22)13-8-5-7-12(10-13)15(16,17)18;7-5-3-4(8(10)11)1-2-6(5)9/h5,7-8,10-11,19H,3-4,6,9H2,1-2H3;1-3,9H. The van der Waals surface area contributed by atoms with Crippen LogP contribution in [-0.4, -0.2) is 37.1 Å². The van der Waals surface area contributed by atoms with Gasteiger partial charge in [-0.3, -0.25) is 14.9 Å². The number of carbonyl (C=O) groups excluding carboxylic acids is 1. The fourth-order valence-corrected chi connectivity index (χ4v) is 4.32. The van der Waals surface area contributed by atoms with Crippen molar-refractivity contribution in [2.24, 2.45) is 0 Å². The molecule has 2 N–H and O–H groups in total. The first-order valence-corrected chi connectivity index (χ1v) is 12.4. The lowest BCUT2D eigenvalue weighted by Crippen LogP contribution is -2.32. The van der Waals surface area contributed by atoms with Crippen LogP contribution in [0, 0.1) is 10.1 Å². The molecule has 9 nitrogen and oxygen atoms in total. The first-order valence-electron chi connectivity index (χ1n) is 10.2. The largest absolute Gasteiger partial charge is 0.507 e. The molecule has 0 aliphatic rings. The average molecular weight is 585 g/mol. The number of aromatic hydroxyl groups is 1. The summed E-state index contributed by atoms with van der Waals surface area (Å²) in [4.78, 5) is 20.4. The number of esters is 1. The van der Waals surface area contributed by atoms with Gasteiger partial charge in [0.25, 0.3) is 5.69 Å². The van der Waals surface area contributed by atoms with Crippen LogP contribution in [0.2, 0.25) is 0 Å². The predicted molar refractivity (Wildman–Crippen MR) is 124 cm³/mol. The molecule has 2 aromatic rings. The van der Waals surface area contributed by atoms with Gasteiger partial charge in [0.2, 0.25) is 10.0 Å². The van der Waals surface area contributed by atoms with E-state index in [1.807, 2.05) is 0 Å². The van der Waals surface area contributed by atoms with Crippen LogP contribution in [-0.2, 0) is 25.7 Å². The fraction of sp³-hybridized carbons (Fsp3) is 0.381. The molecule has 0 radical (unpaired) electrons.